The van der Waals surface area contributed by atoms with Crippen molar-refractivity contribution in [1.82, 2.24) is 5.32 Å². The van der Waals surface area contributed by atoms with E-state index in [9.17, 15) is 4.79 Å². The maximum atomic E-state index is 12.7. The van der Waals surface area contributed by atoms with Crippen molar-refractivity contribution in [2.24, 2.45) is 0 Å². The summed E-state index contributed by atoms with van der Waals surface area (Å²) in [6.07, 6.45) is 4.83. The quantitative estimate of drug-likeness (QED) is 0.624. The second-order valence-corrected chi connectivity index (χ2v) is 8.04. The Hall–Kier alpha value is -2.39. The third-order valence-electron chi connectivity index (χ3n) is 5.45. The molecule has 0 bridgehead atoms. The van der Waals surface area contributed by atoms with Crippen LogP contribution in [0.3, 0.4) is 0 Å². The fourth-order valence-electron chi connectivity index (χ4n) is 3.94. The average Bonchev–Trinajstić information content (AvgIpc) is 3.39. The summed E-state index contributed by atoms with van der Waals surface area (Å²) in [4.78, 5) is 14.1. The summed E-state index contributed by atoms with van der Waals surface area (Å²) in [5.41, 5.74) is 3.16. The zero-order valence-electron chi connectivity index (χ0n) is 14.8. The van der Waals surface area contributed by atoms with Gasteiger partial charge in [0.1, 0.15) is 0 Å². The van der Waals surface area contributed by atoms with Crippen LogP contribution in [-0.4, -0.2) is 12.5 Å². The third-order valence-corrected chi connectivity index (χ3v) is 6.56. The first-order valence-corrected chi connectivity index (χ1v) is 10.1. The normalized spacial score (nSPS) is 15.7. The molecule has 3 aromatic rings. The van der Waals surface area contributed by atoms with E-state index in [4.69, 9.17) is 0 Å². The number of amides is 1. The molecular formula is C23H23NOS. The van der Waals surface area contributed by atoms with Crippen molar-refractivity contribution in [3.8, 4) is 11.1 Å². The Morgan fingerprint density at radius 2 is 1.58 bits per heavy atom. The second-order valence-electron chi connectivity index (χ2n) is 7.09. The number of carbonyl (C=O) groups is 1. The summed E-state index contributed by atoms with van der Waals surface area (Å²) in [7, 11) is 0. The van der Waals surface area contributed by atoms with Crippen LogP contribution >= 0.6 is 11.3 Å². The second kappa shape index (κ2) is 7.46. The molecule has 0 unspecified atom stereocenters. The highest BCUT2D eigenvalue weighted by atomic mass is 32.1. The molecule has 3 heteroatoms. The molecule has 1 fully saturated rings. The van der Waals surface area contributed by atoms with Gasteiger partial charge in [-0.15, -0.1) is 11.3 Å². The van der Waals surface area contributed by atoms with Gasteiger partial charge in [0, 0.05) is 22.4 Å². The molecule has 2 aromatic carbocycles. The van der Waals surface area contributed by atoms with Gasteiger partial charge in [0.25, 0.3) is 5.91 Å². The Balaban J connectivity index is 1.45. The minimum Gasteiger partial charge on any atom is -0.351 e. The Kier molecular flexibility index (Phi) is 4.89. The molecule has 1 heterocycles. The molecule has 1 N–H and O–H groups in total. The summed E-state index contributed by atoms with van der Waals surface area (Å²) in [6.45, 7) is 0.729. The van der Waals surface area contributed by atoms with E-state index < -0.39 is 0 Å². The molecule has 0 aliphatic heterocycles. The fourth-order valence-corrected chi connectivity index (χ4v) is 4.93. The Morgan fingerprint density at radius 3 is 2.23 bits per heavy atom. The topological polar surface area (TPSA) is 29.1 Å². The number of nitrogens with one attached hydrogen (secondary N) is 1. The van der Waals surface area contributed by atoms with E-state index in [1.165, 1.54) is 36.1 Å². The summed E-state index contributed by atoms with van der Waals surface area (Å²) >= 11 is 1.81. The molecule has 132 valence electrons. The van der Waals surface area contributed by atoms with E-state index in [0.29, 0.717) is 0 Å². The maximum absolute atomic E-state index is 12.7. The highest BCUT2D eigenvalue weighted by Gasteiger charge is 2.36. The number of carbonyl (C=O) groups excluding carboxylic acids is 1. The molecular weight excluding hydrogens is 338 g/mol. The molecule has 0 spiro atoms. The number of rotatable bonds is 5. The van der Waals surface area contributed by atoms with Crippen molar-refractivity contribution in [3.05, 3.63) is 82.6 Å². The molecule has 26 heavy (non-hydrogen) atoms. The van der Waals surface area contributed by atoms with Gasteiger partial charge in [0.05, 0.1) is 0 Å². The Labute approximate surface area is 158 Å². The lowest BCUT2D eigenvalue weighted by Crippen LogP contribution is -2.38. The van der Waals surface area contributed by atoms with E-state index in [1.54, 1.807) is 0 Å². The molecule has 1 aromatic heterocycles. The van der Waals surface area contributed by atoms with Crippen LogP contribution in [0.15, 0.2) is 72.1 Å². The van der Waals surface area contributed by atoms with Crippen molar-refractivity contribution in [1.29, 1.82) is 0 Å². The van der Waals surface area contributed by atoms with Crippen LogP contribution in [0.1, 0.15) is 40.9 Å². The number of benzene rings is 2. The van der Waals surface area contributed by atoms with Crippen LogP contribution in [0.5, 0.6) is 0 Å². The first-order chi connectivity index (χ1) is 12.8. The van der Waals surface area contributed by atoms with Crippen LogP contribution in [0.25, 0.3) is 11.1 Å². The van der Waals surface area contributed by atoms with Crippen molar-refractivity contribution in [2.75, 3.05) is 6.54 Å². The van der Waals surface area contributed by atoms with Crippen molar-refractivity contribution >= 4 is 17.2 Å². The van der Waals surface area contributed by atoms with E-state index in [2.05, 4.69) is 35.0 Å². The molecule has 1 saturated carbocycles. The van der Waals surface area contributed by atoms with Gasteiger partial charge in [0.15, 0.2) is 0 Å². The molecule has 0 atom stereocenters. The fraction of sp³-hybridized carbons (Fsp3) is 0.261. The largest absolute Gasteiger partial charge is 0.351 e. The number of hydrogen-bond donors (Lipinski definition) is 1. The minimum atomic E-state index is 0.0208. The van der Waals surface area contributed by atoms with Gasteiger partial charge in [-0.3, -0.25) is 4.79 Å². The highest BCUT2D eigenvalue weighted by molar-refractivity contribution is 7.10. The molecule has 1 aliphatic carbocycles. The molecule has 1 aliphatic rings. The van der Waals surface area contributed by atoms with E-state index >= 15 is 0 Å². The summed E-state index contributed by atoms with van der Waals surface area (Å²) < 4.78 is 0. The monoisotopic (exact) mass is 361 g/mol. The minimum absolute atomic E-state index is 0.0208. The van der Waals surface area contributed by atoms with Gasteiger partial charge in [-0.05, 0) is 47.5 Å². The molecule has 4 rings (SSSR count). The molecule has 2 nitrogen and oxygen atoms in total. The first kappa shape index (κ1) is 17.0. The van der Waals surface area contributed by atoms with Crippen molar-refractivity contribution < 1.29 is 4.79 Å². The number of thiophene rings is 1. The van der Waals surface area contributed by atoms with Gasteiger partial charge < -0.3 is 5.32 Å². The highest BCUT2D eigenvalue weighted by Crippen LogP contribution is 2.42. The number of hydrogen-bond acceptors (Lipinski definition) is 2. The van der Waals surface area contributed by atoms with Crippen LogP contribution in [-0.2, 0) is 5.41 Å². The average molecular weight is 362 g/mol. The third kappa shape index (κ3) is 3.45. The Bertz CT molecular complexity index is 847. The standard InChI is InChI=1S/C23H23NOS/c25-22(20-12-10-19(11-13-20)18-7-2-1-3-8-18)24-17-23(14-4-5-15-23)21-9-6-16-26-21/h1-3,6-13,16H,4-5,14-15,17H2,(H,24,25). The summed E-state index contributed by atoms with van der Waals surface area (Å²) in [5, 5.41) is 5.34. The van der Waals surface area contributed by atoms with Crippen molar-refractivity contribution in [3.63, 3.8) is 0 Å². The van der Waals surface area contributed by atoms with E-state index in [0.717, 1.165) is 17.7 Å². The molecule has 0 saturated heterocycles. The van der Waals surface area contributed by atoms with Crippen LogP contribution in [0.2, 0.25) is 0 Å². The van der Waals surface area contributed by atoms with Crippen LogP contribution < -0.4 is 5.32 Å². The smallest absolute Gasteiger partial charge is 0.251 e. The predicted molar refractivity (Wildman–Crippen MR) is 109 cm³/mol. The van der Waals surface area contributed by atoms with Gasteiger partial charge in [-0.2, -0.15) is 0 Å². The zero-order valence-corrected chi connectivity index (χ0v) is 15.6. The van der Waals surface area contributed by atoms with Gasteiger partial charge in [-0.1, -0.05) is 61.4 Å². The van der Waals surface area contributed by atoms with E-state index in [1.807, 2.05) is 53.8 Å². The summed E-state index contributed by atoms with van der Waals surface area (Å²) in [6, 6.07) is 22.5. The van der Waals surface area contributed by atoms with Crippen LogP contribution in [0, 0.1) is 0 Å². The van der Waals surface area contributed by atoms with Gasteiger partial charge in [-0.25, -0.2) is 0 Å². The Morgan fingerprint density at radius 1 is 0.885 bits per heavy atom. The lowest BCUT2D eigenvalue weighted by molar-refractivity contribution is 0.0943. The predicted octanol–water partition coefficient (Wildman–Crippen LogP) is 5.66. The first-order valence-electron chi connectivity index (χ1n) is 9.25. The maximum Gasteiger partial charge on any atom is 0.251 e. The van der Waals surface area contributed by atoms with Gasteiger partial charge in [0.2, 0.25) is 0 Å². The SMILES string of the molecule is O=C(NCC1(c2cccs2)CCCC1)c1ccc(-c2ccccc2)cc1. The lowest BCUT2D eigenvalue weighted by atomic mass is 9.84. The zero-order chi connectivity index (χ0) is 17.8. The van der Waals surface area contributed by atoms with Crippen LogP contribution in [0.4, 0.5) is 0 Å². The van der Waals surface area contributed by atoms with E-state index in [-0.39, 0.29) is 11.3 Å². The molecule has 0 radical (unpaired) electrons. The van der Waals surface area contributed by atoms with Gasteiger partial charge >= 0.3 is 0 Å². The lowest BCUT2D eigenvalue weighted by Gasteiger charge is -2.28. The molecule has 1 amide bonds. The summed E-state index contributed by atoms with van der Waals surface area (Å²) in [5.74, 6) is 0.0208. The van der Waals surface area contributed by atoms with Crippen molar-refractivity contribution in [2.45, 2.75) is 31.1 Å².